The zero-order valence-corrected chi connectivity index (χ0v) is 13.4. The molecule has 0 aromatic heterocycles. The van der Waals surface area contributed by atoms with Crippen LogP contribution in [-0.4, -0.2) is 50.3 Å². The van der Waals surface area contributed by atoms with E-state index >= 15 is 0 Å². The Morgan fingerprint density at radius 1 is 1.37 bits per heavy atom. The second-order valence-electron chi connectivity index (χ2n) is 4.88. The highest BCUT2D eigenvalue weighted by molar-refractivity contribution is 9.10. The quantitative estimate of drug-likeness (QED) is 0.820. The van der Waals surface area contributed by atoms with Crippen LogP contribution in [0.15, 0.2) is 27.6 Å². The number of hydrogen-bond acceptors (Lipinski definition) is 4. The molecule has 1 saturated heterocycles. The molecular formula is C12H18BrN3O2S. The van der Waals surface area contributed by atoms with E-state index in [1.807, 2.05) is 14.0 Å². The SMILES string of the molecule is CC1CN(S(=O)(=O)c2ccc(Br)c(N)c2)CCN1C. The van der Waals surface area contributed by atoms with Gasteiger partial charge in [-0.05, 0) is 48.1 Å². The van der Waals surface area contributed by atoms with Gasteiger partial charge in [0.05, 0.1) is 4.90 Å². The van der Waals surface area contributed by atoms with Crippen LogP contribution < -0.4 is 5.73 Å². The molecule has 5 nitrogen and oxygen atoms in total. The van der Waals surface area contributed by atoms with Crippen LogP contribution in [0.4, 0.5) is 5.69 Å². The Labute approximate surface area is 122 Å². The maximum absolute atomic E-state index is 12.5. The Morgan fingerprint density at radius 3 is 2.63 bits per heavy atom. The predicted molar refractivity (Wildman–Crippen MR) is 79.4 cm³/mol. The average molecular weight is 348 g/mol. The molecule has 1 aromatic rings. The third kappa shape index (κ3) is 2.94. The minimum atomic E-state index is -3.45. The smallest absolute Gasteiger partial charge is 0.243 e. The Kier molecular flexibility index (Phi) is 4.20. The minimum absolute atomic E-state index is 0.219. The van der Waals surface area contributed by atoms with E-state index in [0.29, 0.717) is 23.2 Å². The number of nitrogens with two attached hydrogens (primary N) is 1. The molecule has 0 spiro atoms. The number of benzene rings is 1. The van der Waals surface area contributed by atoms with Crippen molar-refractivity contribution in [3.63, 3.8) is 0 Å². The van der Waals surface area contributed by atoms with Gasteiger partial charge >= 0.3 is 0 Å². The third-order valence-corrected chi connectivity index (χ3v) is 6.11. The van der Waals surface area contributed by atoms with Gasteiger partial charge in [-0.1, -0.05) is 0 Å². The lowest BCUT2D eigenvalue weighted by atomic mass is 10.2. The fraction of sp³-hybridized carbons (Fsp3) is 0.500. The van der Waals surface area contributed by atoms with Crippen LogP contribution in [0.1, 0.15) is 6.92 Å². The minimum Gasteiger partial charge on any atom is -0.398 e. The van der Waals surface area contributed by atoms with E-state index in [4.69, 9.17) is 5.73 Å². The first kappa shape index (κ1) is 14.8. The standard InChI is InChI=1S/C12H18BrN3O2S/c1-9-8-16(6-5-15(9)2)19(17,18)10-3-4-11(13)12(14)7-10/h3-4,7,9H,5-6,8,14H2,1-2H3. The summed E-state index contributed by atoms with van der Waals surface area (Å²) in [7, 11) is -1.45. The average Bonchev–Trinajstić information content (AvgIpc) is 2.35. The summed E-state index contributed by atoms with van der Waals surface area (Å²) >= 11 is 3.27. The number of anilines is 1. The van der Waals surface area contributed by atoms with Crippen molar-refractivity contribution in [2.75, 3.05) is 32.4 Å². The highest BCUT2D eigenvalue weighted by Crippen LogP contribution is 2.25. The van der Waals surface area contributed by atoms with Crippen molar-refractivity contribution < 1.29 is 8.42 Å². The van der Waals surface area contributed by atoms with Crippen LogP contribution in [-0.2, 0) is 10.0 Å². The van der Waals surface area contributed by atoms with Crippen molar-refractivity contribution >= 4 is 31.6 Å². The molecule has 0 amide bonds. The van der Waals surface area contributed by atoms with Crippen LogP contribution in [0.3, 0.4) is 0 Å². The Balaban J connectivity index is 2.29. The van der Waals surface area contributed by atoms with E-state index in [1.54, 1.807) is 12.1 Å². The molecule has 2 rings (SSSR count). The molecule has 1 unspecified atom stereocenters. The first-order chi connectivity index (χ1) is 8.82. The number of halogens is 1. The van der Waals surface area contributed by atoms with Gasteiger partial charge in [0.15, 0.2) is 0 Å². The topological polar surface area (TPSA) is 66.6 Å². The van der Waals surface area contributed by atoms with Crippen molar-refractivity contribution in [1.82, 2.24) is 9.21 Å². The lowest BCUT2D eigenvalue weighted by molar-refractivity contribution is 0.159. The summed E-state index contributed by atoms with van der Waals surface area (Å²) in [6.07, 6.45) is 0. The Morgan fingerprint density at radius 2 is 2.05 bits per heavy atom. The Bertz CT molecular complexity index is 576. The first-order valence-electron chi connectivity index (χ1n) is 6.08. The maximum Gasteiger partial charge on any atom is 0.243 e. The molecule has 19 heavy (non-hydrogen) atoms. The highest BCUT2D eigenvalue weighted by atomic mass is 79.9. The summed E-state index contributed by atoms with van der Waals surface area (Å²) in [5.41, 5.74) is 6.19. The van der Waals surface area contributed by atoms with Crippen molar-refractivity contribution in [3.05, 3.63) is 22.7 Å². The molecule has 0 aliphatic carbocycles. The zero-order chi connectivity index (χ0) is 14.2. The lowest BCUT2D eigenvalue weighted by Crippen LogP contribution is -2.51. The molecule has 2 N–H and O–H groups in total. The second kappa shape index (κ2) is 5.40. The molecule has 0 radical (unpaired) electrons. The van der Waals surface area contributed by atoms with Gasteiger partial charge in [0.25, 0.3) is 0 Å². The van der Waals surface area contributed by atoms with Gasteiger partial charge in [-0.25, -0.2) is 8.42 Å². The molecule has 7 heteroatoms. The third-order valence-electron chi connectivity index (χ3n) is 3.53. The number of sulfonamides is 1. The molecule has 106 valence electrons. The van der Waals surface area contributed by atoms with Crippen LogP contribution in [0, 0.1) is 0 Å². The Hall–Kier alpha value is -0.630. The molecule has 1 heterocycles. The van der Waals surface area contributed by atoms with Crippen LogP contribution in [0.2, 0.25) is 0 Å². The molecule has 1 aliphatic rings. The summed E-state index contributed by atoms with van der Waals surface area (Å²) < 4.78 is 27.3. The predicted octanol–water partition coefficient (Wildman–Crippen LogP) is 1.36. The largest absolute Gasteiger partial charge is 0.398 e. The van der Waals surface area contributed by atoms with Gasteiger partial charge in [0.1, 0.15) is 0 Å². The van der Waals surface area contributed by atoms with E-state index in [1.165, 1.54) is 10.4 Å². The number of nitrogens with zero attached hydrogens (tertiary/aromatic N) is 2. The molecule has 0 bridgehead atoms. The van der Waals surface area contributed by atoms with Crippen molar-refractivity contribution in [2.45, 2.75) is 17.9 Å². The number of piperazine rings is 1. The fourth-order valence-corrected chi connectivity index (χ4v) is 3.86. The van der Waals surface area contributed by atoms with Crippen molar-refractivity contribution in [2.24, 2.45) is 0 Å². The number of rotatable bonds is 2. The fourth-order valence-electron chi connectivity index (χ4n) is 2.06. The van der Waals surface area contributed by atoms with Gasteiger partial charge < -0.3 is 10.6 Å². The van der Waals surface area contributed by atoms with Crippen molar-refractivity contribution in [3.8, 4) is 0 Å². The molecule has 1 aliphatic heterocycles. The van der Waals surface area contributed by atoms with Gasteiger partial charge in [0, 0.05) is 35.8 Å². The summed E-state index contributed by atoms with van der Waals surface area (Å²) in [4.78, 5) is 2.41. The lowest BCUT2D eigenvalue weighted by Gasteiger charge is -2.36. The van der Waals surface area contributed by atoms with E-state index in [0.717, 1.165) is 6.54 Å². The summed E-state index contributed by atoms with van der Waals surface area (Å²) in [5, 5.41) is 0. The maximum atomic E-state index is 12.5. The molecule has 1 atom stereocenters. The van der Waals surface area contributed by atoms with Gasteiger partial charge in [-0.2, -0.15) is 4.31 Å². The molecule has 0 saturated carbocycles. The van der Waals surface area contributed by atoms with Gasteiger partial charge in [-0.3, -0.25) is 0 Å². The van der Waals surface area contributed by atoms with E-state index in [2.05, 4.69) is 20.8 Å². The first-order valence-corrected chi connectivity index (χ1v) is 8.31. The summed E-state index contributed by atoms with van der Waals surface area (Å²) in [6, 6.07) is 4.97. The van der Waals surface area contributed by atoms with Gasteiger partial charge in [-0.15, -0.1) is 0 Å². The summed E-state index contributed by atoms with van der Waals surface area (Å²) in [5.74, 6) is 0. The zero-order valence-electron chi connectivity index (χ0n) is 11.0. The van der Waals surface area contributed by atoms with Crippen molar-refractivity contribution in [1.29, 1.82) is 0 Å². The number of hydrogen-bond donors (Lipinski definition) is 1. The second-order valence-corrected chi connectivity index (χ2v) is 7.67. The normalized spacial score (nSPS) is 22.6. The van der Waals surface area contributed by atoms with E-state index < -0.39 is 10.0 Å². The van der Waals surface area contributed by atoms with E-state index in [9.17, 15) is 8.42 Å². The van der Waals surface area contributed by atoms with Crippen LogP contribution in [0.5, 0.6) is 0 Å². The highest BCUT2D eigenvalue weighted by Gasteiger charge is 2.30. The monoisotopic (exact) mass is 347 g/mol. The van der Waals surface area contributed by atoms with Crippen LogP contribution >= 0.6 is 15.9 Å². The number of nitrogen functional groups attached to an aromatic ring is 1. The molecular weight excluding hydrogens is 330 g/mol. The van der Waals surface area contributed by atoms with Gasteiger partial charge in [0.2, 0.25) is 10.0 Å². The van der Waals surface area contributed by atoms with Crippen LogP contribution in [0.25, 0.3) is 0 Å². The number of likely N-dealkylation sites (N-methyl/N-ethyl adjacent to an activating group) is 1. The molecule has 1 aromatic carbocycles. The molecule has 1 fully saturated rings. The summed E-state index contributed by atoms with van der Waals surface area (Å²) in [6.45, 7) is 3.79. The van der Waals surface area contributed by atoms with E-state index in [-0.39, 0.29) is 10.9 Å².